The Morgan fingerprint density at radius 1 is 0.667 bits per heavy atom. The van der Waals surface area contributed by atoms with Crippen molar-refractivity contribution < 1.29 is 10.2 Å². The molecule has 0 saturated carbocycles. The number of hydrogen-bond donors (Lipinski definition) is 2. The molecule has 0 saturated heterocycles. The minimum absolute atomic E-state index is 0.497. The van der Waals surface area contributed by atoms with Crippen LogP contribution in [0.4, 0.5) is 0 Å². The van der Waals surface area contributed by atoms with E-state index in [9.17, 15) is 10.2 Å². The minimum atomic E-state index is -1.16. The summed E-state index contributed by atoms with van der Waals surface area (Å²) in [5.41, 5.74) is 1.54. The fraction of sp³-hybridized carbons (Fsp3) is 0.250. The van der Waals surface area contributed by atoms with Gasteiger partial charge < -0.3 is 10.2 Å². The first-order valence-electron chi connectivity index (χ1n) is 6.27. The Morgan fingerprint density at radius 3 is 1.50 bits per heavy atom. The molecule has 90 valence electrons. The third kappa shape index (κ3) is 0.972. The van der Waals surface area contributed by atoms with E-state index in [0.29, 0.717) is 12.8 Å². The van der Waals surface area contributed by atoms with Crippen molar-refractivity contribution in [3.8, 4) is 0 Å². The molecule has 4 rings (SSSR count). The van der Waals surface area contributed by atoms with Crippen molar-refractivity contribution in [1.82, 2.24) is 0 Å². The average Bonchev–Trinajstić information content (AvgIpc) is 2.73. The molecular weight excluding hydrogens is 224 g/mol. The van der Waals surface area contributed by atoms with Gasteiger partial charge >= 0.3 is 0 Å². The van der Waals surface area contributed by atoms with Gasteiger partial charge in [0.05, 0.1) is 0 Å². The van der Waals surface area contributed by atoms with Crippen molar-refractivity contribution in [3.63, 3.8) is 0 Å². The molecule has 2 N–H and O–H groups in total. The summed E-state index contributed by atoms with van der Waals surface area (Å²) in [4.78, 5) is 0. The maximum atomic E-state index is 11.0. The smallest absolute Gasteiger partial charge is 0.127 e. The van der Waals surface area contributed by atoms with Gasteiger partial charge in [0.25, 0.3) is 0 Å². The van der Waals surface area contributed by atoms with Crippen molar-refractivity contribution in [1.29, 1.82) is 0 Å². The third-order valence-corrected chi connectivity index (χ3v) is 4.50. The van der Waals surface area contributed by atoms with E-state index in [4.69, 9.17) is 0 Å². The zero-order chi connectivity index (χ0) is 12.4. The Balaban J connectivity index is 2.00. The fourth-order valence-corrected chi connectivity index (χ4v) is 3.64. The molecule has 0 aliphatic heterocycles. The van der Waals surface area contributed by atoms with Crippen LogP contribution in [-0.2, 0) is 24.0 Å². The van der Waals surface area contributed by atoms with Gasteiger partial charge in [0.15, 0.2) is 0 Å². The Bertz CT molecular complexity index is 592. The van der Waals surface area contributed by atoms with Crippen LogP contribution in [-0.4, -0.2) is 10.2 Å². The number of rotatable bonds is 0. The average molecular weight is 238 g/mol. The van der Waals surface area contributed by atoms with Crippen LogP contribution in [0, 0.1) is 0 Å². The molecule has 2 unspecified atom stereocenters. The lowest BCUT2D eigenvalue weighted by molar-refractivity contribution is -0.139. The SMILES string of the molecule is OC12Cc3ccccc3C1(O)Cc1ccccc12. The van der Waals surface area contributed by atoms with E-state index < -0.39 is 11.2 Å². The number of aliphatic hydroxyl groups is 2. The predicted molar refractivity (Wildman–Crippen MR) is 68.1 cm³/mol. The highest BCUT2D eigenvalue weighted by Crippen LogP contribution is 2.56. The lowest BCUT2D eigenvalue weighted by atomic mass is 9.84. The van der Waals surface area contributed by atoms with Crippen molar-refractivity contribution >= 4 is 0 Å². The summed E-state index contributed by atoms with van der Waals surface area (Å²) in [6.07, 6.45) is 0.993. The molecule has 2 aromatic carbocycles. The van der Waals surface area contributed by atoms with Gasteiger partial charge in [-0.25, -0.2) is 0 Å². The Morgan fingerprint density at radius 2 is 1.06 bits per heavy atom. The van der Waals surface area contributed by atoms with Gasteiger partial charge in [0.1, 0.15) is 11.2 Å². The maximum absolute atomic E-state index is 11.0. The molecule has 2 nitrogen and oxygen atoms in total. The molecule has 0 bridgehead atoms. The molecule has 2 heteroatoms. The van der Waals surface area contributed by atoms with E-state index >= 15 is 0 Å². The molecule has 0 spiro atoms. The zero-order valence-electron chi connectivity index (χ0n) is 9.93. The van der Waals surface area contributed by atoms with E-state index in [1.54, 1.807) is 0 Å². The predicted octanol–water partition coefficient (Wildman–Crippen LogP) is 1.87. The maximum Gasteiger partial charge on any atom is 0.127 e. The Kier molecular flexibility index (Phi) is 1.73. The summed E-state index contributed by atoms with van der Waals surface area (Å²) >= 11 is 0. The van der Waals surface area contributed by atoms with E-state index in [1.165, 1.54) is 0 Å². The van der Waals surface area contributed by atoms with Crippen LogP contribution in [0.3, 0.4) is 0 Å². The van der Waals surface area contributed by atoms with Crippen LogP contribution < -0.4 is 0 Å². The second-order valence-electron chi connectivity index (χ2n) is 5.39. The normalized spacial score (nSPS) is 31.9. The number of fused-ring (bicyclic) bond motifs is 5. The molecule has 0 heterocycles. The first-order chi connectivity index (χ1) is 8.65. The standard InChI is InChI=1S/C16H14O2/c17-15-9-11-5-1-3-7-13(11)16(15,18)10-12-6-2-4-8-14(12)15/h1-8,17-18H,9-10H2. The van der Waals surface area contributed by atoms with Gasteiger partial charge in [-0.3, -0.25) is 0 Å². The highest BCUT2D eigenvalue weighted by molar-refractivity contribution is 5.54. The largest absolute Gasteiger partial charge is 0.381 e. The van der Waals surface area contributed by atoms with E-state index in [-0.39, 0.29) is 0 Å². The highest BCUT2D eigenvalue weighted by atomic mass is 16.4. The van der Waals surface area contributed by atoms with Gasteiger partial charge in [0.2, 0.25) is 0 Å². The topological polar surface area (TPSA) is 40.5 Å². The van der Waals surface area contributed by atoms with Crippen LogP contribution >= 0.6 is 0 Å². The molecule has 2 aliphatic carbocycles. The molecule has 2 atom stereocenters. The van der Waals surface area contributed by atoms with Gasteiger partial charge in [0, 0.05) is 12.8 Å². The molecule has 2 aliphatic rings. The van der Waals surface area contributed by atoms with Crippen LogP contribution in [0.1, 0.15) is 22.3 Å². The molecule has 0 aromatic heterocycles. The number of benzene rings is 2. The van der Waals surface area contributed by atoms with Crippen LogP contribution in [0.2, 0.25) is 0 Å². The van der Waals surface area contributed by atoms with Crippen molar-refractivity contribution in [2.24, 2.45) is 0 Å². The van der Waals surface area contributed by atoms with Crippen LogP contribution in [0.5, 0.6) is 0 Å². The summed E-state index contributed by atoms with van der Waals surface area (Å²) in [6.45, 7) is 0. The molecule has 2 aromatic rings. The van der Waals surface area contributed by atoms with Gasteiger partial charge in [-0.1, -0.05) is 48.5 Å². The Hall–Kier alpha value is -1.64. The van der Waals surface area contributed by atoms with Crippen LogP contribution in [0.15, 0.2) is 48.5 Å². The number of hydrogen-bond acceptors (Lipinski definition) is 2. The second kappa shape index (κ2) is 3.02. The van der Waals surface area contributed by atoms with Gasteiger partial charge in [-0.2, -0.15) is 0 Å². The first-order valence-corrected chi connectivity index (χ1v) is 6.27. The summed E-state index contributed by atoms with van der Waals surface area (Å²) in [5, 5.41) is 22.0. The molecule has 18 heavy (non-hydrogen) atoms. The summed E-state index contributed by atoms with van der Waals surface area (Å²) in [6, 6.07) is 15.6. The zero-order valence-corrected chi connectivity index (χ0v) is 9.93. The third-order valence-electron chi connectivity index (χ3n) is 4.50. The van der Waals surface area contributed by atoms with E-state index in [0.717, 1.165) is 22.3 Å². The minimum Gasteiger partial charge on any atom is -0.381 e. The highest BCUT2D eigenvalue weighted by Gasteiger charge is 2.61. The lowest BCUT2D eigenvalue weighted by Gasteiger charge is -2.32. The molecule has 0 radical (unpaired) electrons. The van der Waals surface area contributed by atoms with Crippen LogP contribution in [0.25, 0.3) is 0 Å². The van der Waals surface area contributed by atoms with Gasteiger partial charge in [-0.15, -0.1) is 0 Å². The molecule has 0 amide bonds. The molecule has 0 fully saturated rings. The lowest BCUT2D eigenvalue weighted by Crippen LogP contribution is -2.43. The quantitative estimate of drug-likeness (QED) is 0.735. The van der Waals surface area contributed by atoms with Crippen molar-refractivity contribution in [3.05, 3.63) is 70.8 Å². The summed E-state index contributed by atoms with van der Waals surface area (Å²) < 4.78 is 0. The first kappa shape index (κ1) is 10.3. The van der Waals surface area contributed by atoms with Crippen molar-refractivity contribution in [2.45, 2.75) is 24.0 Å². The van der Waals surface area contributed by atoms with E-state index in [2.05, 4.69) is 0 Å². The van der Waals surface area contributed by atoms with Gasteiger partial charge in [-0.05, 0) is 22.3 Å². The fourth-order valence-electron chi connectivity index (χ4n) is 3.64. The monoisotopic (exact) mass is 238 g/mol. The summed E-state index contributed by atoms with van der Waals surface area (Å²) in [5.74, 6) is 0. The van der Waals surface area contributed by atoms with Crippen molar-refractivity contribution in [2.75, 3.05) is 0 Å². The second-order valence-corrected chi connectivity index (χ2v) is 5.39. The summed E-state index contributed by atoms with van der Waals surface area (Å²) in [7, 11) is 0. The van der Waals surface area contributed by atoms with E-state index in [1.807, 2.05) is 48.5 Å². The molecular formula is C16H14O2. The Labute approximate surface area is 106 Å².